The highest BCUT2D eigenvalue weighted by Gasteiger charge is 2.18. The van der Waals surface area contributed by atoms with Gasteiger partial charge in [-0.2, -0.15) is 11.3 Å². The average Bonchev–Trinajstić information content (AvgIpc) is 3.32. The van der Waals surface area contributed by atoms with Crippen LogP contribution in [-0.4, -0.2) is 42.5 Å². The van der Waals surface area contributed by atoms with Crippen LogP contribution in [-0.2, 0) is 13.0 Å². The zero-order chi connectivity index (χ0) is 18.1. The summed E-state index contributed by atoms with van der Waals surface area (Å²) < 4.78 is 0. The smallest absolute Gasteiger partial charge is 0.191 e. The molecule has 0 saturated carbocycles. The number of nitrogens with one attached hydrogen (secondary N) is 2. The number of aliphatic imine (C=N–C) groups is 1. The van der Waals surface area contributed by atoms with E-state index in [2.05, 4.69) is 63.1 Å². The van der Waals surface area contributed by atoms with E-state index in [0.717, 1.165) is 37.0 Å². The summed E-state index contributed by atoms with van der Waals surface area (Å²) in [6.45, 7) is 10.2. The van der Waals surface area contributed by atoms with Crippen LogP contribution in [0.2, 0.25) is 0 Å². The lowest BCUT2D eigenvalue weighted by Crippen LogP contribution is -2.42. The SMILES string of the molecule is CCc1cnc(CNC(=NC)NCC(c2ccsc2)N(CC)CC)s1. The molecule has 2 aromatic heterocycles. The van der Waals surface area contributed by atoms with E-state index in [1.807, 2.05) is 13.2 Å². The molecule has 0 spiro atoms. The first-order valence-electron chi connectivity index (χ1n) is 8.85. The fourth-order valence-electron chi connectivity index (χ4n) is 2.75. The summed E-state index contributed by atoms with van der Waals surface area (Å²) in [6, 6.07) is 2.57. The first kappa shape index (κ1) is 19.9. The quantitative estimate of drug-likeness (QED) is 0.517. The molecule has 0 radical (unpaired) electrons. The summed E-state index contributed by atoms with van der Waals surface area (Å²) in [5.41, 5.74) is 1.36. The van der Waals surface area contributed by atoms with Crippen LogP contribution in [0.15, 0.2) is 28.0 Å². The number of rotatable bonds is 9. The van der Waals surface area contributed by atoms with Crippen molar-refractivity contribution in [2.45, 2.75) is 39.8 Å². The van der Waals surface area contributed by atoms with E-state index in [4.69, 9.17) is 0 Å². The molecular weight excluding hydrogens is 350 g/mol. The van der Waals surface area contributed by atoms with Crippen molar-refractivity contribution in [3.8, 4) is 0 Å². The van der Waals surface area contributed by atoms with Gasteiger partial charge in [-0.05, 0) is 41.9 Å². The molecule has 2 heterocycles. The lowest BCUT2D eigenvalue weighted by molar-refractivity contribution is 0.219. The van der Waals surface area contributed by atoms with Crippen LogP contribution >= 0.6 is 22.7 Å². The van der Waals surface area contributed by atoms with Gasteiger partial charge in [0.15, 0.2) is 5.96 Å². The second kappa shape index (κ2) is 10.5. The summed E-state index contributed by atoms with van der Waals surface area (Å²) >= 11 is 3.51. The minimum atomic E-state index is 0.353. The molecule has 1 unspecified atom stereocenters. The van der Waals surface area contributed by atoms with E-state index in [9.17, 15) is 0 Å². The summed E-state index contributed by atoms with van der Waals surface area (Å²) in [4.78, 5) is 12.6. The van der Waals surface area contributed by atoms with Crippen LogP contribution in [0.3, 0.4) is 0 Å². The number of hydrogen-bond acceptors (Lipinski definition) is 5. The number of aromatic nitrogens is 1. The number of likely N-dealkylation sites (N-methyl/N-ethyl adjacent to an activating group) is 1. The molecule has 0 amide bonds. The van der Waals surface area contributed by atoms with Crippen molar-refractivity contribution in [1.29, 1.82) is 0 Å². The first-order valence-corrected chi connectivity index (χ1v) is 10.6. The van der Waals surface area contributed by atoms with E-state index in [-0.39, 0.29) is 0 Å². The van der Waals surface area contributed by atoms with Crippen LogP contribution in [0, 0.1) is 0 Å². The fourth-order valence-corrected chi connectivity index (χ4v) is 4.26. The van der Waals surface area contributed by atoms with Gasteiger partial charge in [0.2, 0.25) is 0 Å². The number of aryl methyl sites for hydroxylation is 1. The Labute approximate surface area is 159 Å². The third kappa shape index (κ3) is 5.80. The normalized spacial score (nSPS) is 13.2. The molecule has 2 rings (SSSR count). The largest absolute Gasteiger partial charge is 0.354 e. The predicted octanol–water partition coefficient (Wildman–Crippen LogP) is 3.52. The molecule has 0 fully saturated rings. The molecule has 1 atom stereocenters. The fraction of sp³-hybridized carbons (Fsp3) is 0.556. The number of thiazole rings is 1. The van der Waals surface area contributed by atoms with Crippen molar-refractivity contribution in [1.82, 2.24) is 20.5 Å². The van der Waals surface area contributed by atoms with Crippen molar-refractivity contribution < 1.29 is 0 Å². The van der Waals surface area contributed by atoms with E-state index < -0.39 is 0 Å². The topological polar surface area (TPSA) is 52.6 Å². The molecule has 25 heavy (non-hydrogen) atoms. The minimum absolute atomic E-state index is 0.353. The lowest BCUT2D eigenvalue weighted by atomic mass is 10.1. The standard InChI is InChI=1S/C18H29N5S2/c1-5-15-10-20-17(25-15)12-22-18(19-4)21-11-16(23(6-2)7-3)14-8-9-24-13-14/h8-10,13,16H,5-7,11-12H2,1-4H3,(H2,19,21,22). The van der Waals surface area contributed by atoms with Crippen molar-refractivity contribution in [3.05, 3.63) is 38.5 Å². The highest BCUT2D eigenvalue weighted by molar-refractivity contribution is 7.11. The van der Waals surface area contributed by atoms with Gasteiger partial charge in [-0.15, -0.1) is 11.3 Å². The molecule has 0 saturated heterocycles. The van der Waals surface area contributed by atoms with Crippen molar-refractivity contribution in [2.75, 3.05) is 26.7 Å². The molecule has 0 aliphatic heterocycles. The van der Waals surface area contributed by atoms with Crippen molar-refractivity contribution in [2.24, 2.45) is 4.99 Å². The minimum Gasteiger partial charge on any atom is -0.354 e. The number of nitrogens with zero attached hydrogens (tertiary/aromatic N) is 3. The molecule has 0 aromatic carbocycles. The van der Waals surface area contributed by atoms with E-state index in [1.165, 1.54) is 10.4 Å². The Morgan fingerprint density at radius 2 is 2.08 bits per heavy atom. The van der Waals surface area contributed by atoms with E-state index in [0.29, 0.717) is 12.6 Å². The van der Waals surface area contributed by atoms with Gasteiger partial charge in [0.05, 0.1) is 12.6 Å². The van der Waals surface area contributed by atoms with Gasteiger partial charge in [-0.25, -0.2) is 4.98 Å². The Morgan fingerprint density at radius 3 is 2.64 bits per heavy atom. The first-order chi connectivity index (χ1) is 12.2. The number of hydrogen-bond donors (Lipinski definition) is 2. The van der Waals surface area contributed by atoms with Crippen LogP contribution in [0.4, 0.5) is 0 Å². The number of guanidine groups is 1. The highest BCUT2D eigenvalue weighted by Crippen LogP contribution is 2.22. The molecular formula is C18H29N5S2. The Bertz CT molecular complexity index is 632. The van der Waals surface area contributed by atoms with Gasteiger partial charge in [-0.3, -0.25) is 9.89 Å². The Morgan fingerprint density at radius 1 is 1.28 bits per heavy atom. The van der Waals surface area contributed by atoms with E-state index >= 15 is 0 Å². The van der Waals surface area contributed by atoms with Gasteiger partial charge >= 0.3 is 0 Å². The van der Waals surface area contributed by atoms with Gasteiger partial charge in [0.1, 0.15) is 5.01 Å². The van der Waals surface area contributed by atoms with Gasteiger partial charge in [0.25, 0.3) is 0 Å². The van der Waals surface area contributed by atoms with Crippen LogP contribution < -0.4 is 10.6 Å². The molecule has 138 valence electrons. The monoisotopic (exact) mass is 379 g/mol. The molecule has 2 N–H and O–H groups in total. The molecule has 5 nitrogen and oxygen atoms in total. The average molecular weight is 380 g/mol. The van der Waals surface area contributed by atoms with Gasteiger partial charge < -0.3 is 10.6 Å². The maximum Gasteiger partial charge on any atom is 0.191 e. The molecule has 0 bridgehead atoms. The van der Waals surface area contributed by atoms with Crippen LogP contribution in [0.5, 0.6) is 0 Å². The Kier molecular flexibility index (Phi) is 8.37. The van der Waals surface area contributed by atoms with Crippen LogP contribution in [0.1, 0.15) is 42.3 Å². The summed E-state index contributed by atoms with van der Waals surface area (Å²) in [7, 11) is 1.81. The molecule has 7 heteroatoms. The second-order valence-electron chi connectivity index (χ2n) is 5.67. The van der Waals surface area contributed by atoms with Crippen LogP contribution in [0.25, 0.3) is 0 Å². The zero-order valence-corrected chi connectivity index (χ0v) is 17.2. The van der Waals surface area contributed by atoms with Gasteiger partial charge in [-0.1, -0.05) is 20.8 Å². The second-order valence-corrected chi connectivity index (χ2v) is 7.65. The Balaban J connectivity index is 1.92. The van der Waals surface area contributed by atoms with Crippen molar-refractivity contribution in [3.63, 3.8) is 0 Å². The maximum absolute atomic E-state index is 4.45. The maximum atomic E-state index is 4.45. The lowest BCUT2D eigenvalue weighted by Gasteiger charge is -2.30. The van der Waals surface area contributed by atoms with E-state index in [1.54, 1.807) is 22.7 Å². The highest BCUT2D eigenvalue weighted by atomic mass is 32.1. The molecule has 0 aliphatic carbocycles. The molecule has 2 aromatic rings. The van der Waals surface area contributed by atoms with Gasteiger partial charge in [0, 0.05) is 24.7 Å². The zero-order valence-electron chi connectivity index (χ0n) is 15.6. The molecule has 0 aliphatic rings. The Hall–Kier alpha value is -1.44. The number of thiophene rings is 1. The third-order valence-electron chi connectivity index (χ3n) is 4.22. The van der Waals surface area contributed by atoms with Crippen molar-refractivity contribution >= 4 is 28.6 Å². The summed E-state index contributed by atoms with van der Waals surface area (Å²) in [6.07, 6.45) is 3.00. The summed E-state index contributed by atoms with van der Waals surface area (Å²) in [5, 5.41) is 12.3. The third-order valence-corrected chi connectivity index (χ3v) is 6.07. The summed E-state index contributed by atoms with van der Waals surface area (Å²) in [5.74, 6) is 0.820. The predicted molar refractivity (Wildman–Crippen MR) is 110 cm³/mol.